The highest BCUT2D eigenvalue weighted by atomic mass is 16.5. The second kappa shape index (κ2) is 6.96. The molecule has 2 N–H and O–H groups in total. The van der Waals surface area contributed by atoms with Gasteiger partial charge in [0.05, 0.1) is 7.11 Å². The molecular weight excluding hydrogens is 250 g/mol. The van der Waals surface area contributed by atoms with E-state index >= 15 is 0 Å². The summed E-state index contributed by atoms with van der Waals surface area (Å²) >= 11 is 0. The molecule has 0 aliphatic carbocycles. The van der Waals surface area contributed by atoms with Gasteiger partial charge in [-0.25, -0.2) is 0 Å². The van der Waals surface area contributed by atoms with Crippen molar-refractivity contribution in [2.45, 2.75) is 19.9 Å². The van der Waals surface area contributed by atoms with E-state index in [1.165, 1.54) is 11.1 Å². The van der Waals surface area contributed by atoms with Gasteiger partial charge in [0.1, 0.15) is 0 Å². The average molecular weight is 271 g/mol. The van der Waals surface area contributed by atoms with Gasteiger partial charge in [0.15, 0.2) is 11.5 Å². The molecule has 0 unspecified atom stereocenters. The van der Waals surface area contributed by atoms with Crippen LogP contribution in [0.1, 0.15) is 16.7 Å². The van der Waals surface area contributed by atoms with Crippen LogP contribution >= 0.6 is 0 Å². The normalized spacial score (nSPS) is 10.5. The predicted octanol–water partition coefficient (Wildman–Crippen LogP) is 3.04. The molecule has 0 saturated carbocycles. The van der Waals surface area contributed by atoms with Crippen LogP contribution < -0.4 is 10.1 Å². The van der Waals surface area contributed by atoms with E-state index in [0.29, 0.717) is 12.3 Å². The van der Waals surface area contributed by atoms with Gasteiger partial charge in [-0.05, 0) is 37.1 Å². The lowest BCUT2D eigenvalue weighted by Gasteiger charge is -2.10. The first-order chi connectivity index (χ1) is 9.72. The maximum absolute atomic E-state index is 9.98. The Morgan fingerprint density at radius 1 is 1.05 bits per heavy atom. The van der Waals surface area contributed by atoms with Gasteiger partial charge in [-0.1, -0.05) is 36.4 Å². The summed E-state index contributed by atoms with van der Waals surface area (Å²) in [6, 6.07) is 13.9. The second-order valence-electron chi connectivity index (χ2n) is 4.82. The summed E-state index contributed by atoms with van der Waals surface area (Å²) in [6.45, 7) is 3.64. The van der Waals surface area contributed by atoms with Crippen LogP contribution in [-0.2, 0) is 13.0 Å². The summed E-state index contributed by atoms with van der Waals surface area (Å²) in [7, 11) is 1.56. The summed E-state index contributed by atoms with van der Waals surface area (Å²) in [5.74, 6) is 0.738. The predicted molar refractivity (Wildman–Crippen MR) is 81.2 cm³/mol. The lowest BCUT2D eigenvalue weighted by molar-refractivity contribution is 0.369. The molecule has 0 amide bonds. The number of benzene rings is 2. The van der Waals surface area contributed by atoms with E-state index in [4.69, 9.17) is 4.74 Å². The lowest BCUT2D eigenvalue weighted by atomic mass is 10.1. The highest BCUT2D eigenvalue weighted by Gasteiger charge is 2.06. The van der Waals surface area contributed by atoms with Gasteiger partial charge >= 0.3 is 0 Å². The molecule has 2 aromatic rings. The number of hydrogen-bond donors (Lipinski definition) is 2. The molecule has 106 valence electrons. The van der Waals surface area contributed by atoms with Crippen LogP contribution in [0.25, 0.3) is 0 Å². The minimum atomic E-state index is 0.221. The number of ether oxygens (including phenoxy) is 1. The molecule has 0 fully saturated rings. The highest BCUT2D eigenvalue weighted by molar-refractivity contribution is 5.45. The van der Waals surface area contributed by atoms with Crippen molar-refractivity contribution >= 4 is 0 Å². The zero-order valence-electron chi connectivity index (χ0n) is 12.0. The molecule has 2 aromatic carbocycles. The summed E-state index contributed by atoms with van der Waals surface area (Å²) in [5.41, 5.74) is 3.53. The van der Waals surface area contributed by atoms with Crippen LogP contribution in [0, 0.1) is 6.92 Å². The smallest absolute Gasteiger partial charge is 0.162 e. The Labute approximate surface area is 120 Å². The second-order valence-corrected chi connectivity index (χ2v) is 4.82. The first-order valence-corrected chi connectivity index (χ1v) is 6.82. The van der Waals surface area contributed by atoms with Crippen molar-refractivity contribution in [1.82, 2.24) is 5.32 Å². The molecule has 0 aliphatic rings. The zero-order valence-corrected chi connectivity index (χ0v) is 12.0. The number of phenolic OH excluding ortho intramolecular Hbond substituents is 1. The van der Waals surface area contributed by atoms with E-state index in [0.717, 1.165) is 18.5 Å². The van der Waals surface area contributed by atoms with E-state index in [-0.39, 0.29) is 5.75 Å². The summed E-state index contributed by atoms with van der Waals surface area (Å²) in [6.07, 6.45) is 0.984. The van der Waals surface area contributed by atoms with Crippen molar-refractivity contribution < 1.29 is 9.84 Å². The zero-order chi connectivity index (χ0) is 14.4. The molecule has 0 heterocycles. The lowest BCUT2D eigenvalue weighted by Crippen LogP contribution is -2.17. The number of aromatic hydroxyl groups is 1. The number of rotatable bonds is 6. The summed E-state index contributed by atoms with van der Waals surface area (Å²) in [4.78, 5) is 0. The van der Waals surface area contributed by atoms with Crippen LogP contribution in [0.5, 0.6) is 11.5 Å². The van der Waals surface area contributed by atoms with Crippen molar-refractivity contribution in [2.24, 2.45) is 0 Å². The van der Waals surface area contributed by atoms with Gasteiger partial charge < -0.3 is 15.2 Å². The summed E-state index contributed by atoms with van der Waals surface area (Å²) < 4.78 is 5.10. The standard InChI is InChI=1S/C17H21NO2/c1-13-6-3-4-7-14(13)10-11-18-12-15-8-5-9-16(20-2)17(15)19/h3-9,18-19H,10-12H2,1-2H3. The van der Waals surface area contributed by atoms with Gasteiger partial charge in [-0.3, -0.25) is 0 Å². The fraction of sp³-hybridized carbons (Fsp3) is 0.294. The molecular formula is C17H21NO2. The molecule has 0 radical (unpaired) electrons. The first kappa shape index (κ1) is 14.4. The number of nitrogens with one attached hydrogen (secondary N) is 1. The Morgan fingerprint density at radius 3 is 2.55 bits per heavy atom. The van der Waals surface area contributed by atoms with Gasteiger partial charge in [0.25, 0.3) is 0 Å². The number of methoxy groups -OCH3 is 1. The van der Waals surface area contributed by atoms with Crippen LogP contribution in [0.4, 0.5) is 0 Å². The van der Waals surface area contributed by atoms with Crippen LogP contribution in [0.3, 0.4) is 0 Å². The number of hydrogen-bond acceptors (Lipinski definition) is 3. The Bertz CT molecular complexity index is 567. The Kier molecular flexibility index (Phi) is 5.02. The van der Waals surface area contributed by atoms with Crippen LogP contribution in [0.2, 0.25) is 0 Å². The van der Waals surface area contributed by atoms with Gasteiger partial charge in [-0.15, -0.1) is 0 Å². The Hall–Kier alpha value is -2.00. The van der Waals surface area contributed by atoms with E-state index in [1.54, 1.807) is 13.2 Å². The number of phenols is 1. The monoisotopic (exact) mass is 271 g/mol. The van der Waals surface area contributed by atoms with Gasteiger partial charge in [0.2, 0.25) is 0 Å². The molecule has 2 rings (SSSR count). The van der Waals surface area contributed by atoms with Crippen molar-refractivity contribution in [3.05, 3.63) is 59.2 Å². The molecule has 0 saturated heterocycles. The molecule has 0 aliphatic heterocycles. The SMILES string of the molecule is COc1cccc(CNCCc2ccccc2C)c1O. The minimum absolute atomic E-state index is 0.221. The molecule has 3 nitrogen and oxygen atoms in total. The minimum Gasteiger partial charge on any atom is -0.504 e. The molecule has 0 aromatic heterocycles. The van der Waals surface area contributed by atoms with E-state index in [1.807, 2.05) is 12.1 Å². The fourth-order valence-electron chi connectivity index (χ4n) is 2.21. The topological polar surface area (TPSA) is 41.5 Å². The Morgan fingerprint density at radius 2 is 1.80 bits per heavy atom. The largest absolute Gasteiger partial charge is 0.504 e. The van der Waals surface area contributed by atoms with Crippen molar-refractivity contribution in [3.63, 3.8) is 0 Å². The molecule has 0 spiro atoms. The van der Waals surface area contributed by atoms with E-state index < -0.39 is 0 Å². The van der Waals surface area contributed by atoms with Crippen molar-refractivity contribution in [1.29, 1.82) is 0 Å². The quantitative estimate of drug-likeness (QED) is 0.793. The molecule has 0 bridgehead atoms. The number of aryl methyl sites for hydroxylation is 1. The molecule has 0 atom stereocenters. The molecule has 3 heteroatoms. The average Bonchev–Trinajstić information content (AvgIpc) is 2.47. The van der Waals surface area contributed by atoms with Crippen molar-refractivity contribution in [3.8, 4) is 11.5 Å². The van der Waals surface area contributed by atoms with Crippen LogP contribution in [-0.4, -0.2) is 18.8 Å². The number of para-hydroxylation sites is 1. The van der Waals surface area contributed by atoms with E-state index in [2.05, 4.69) is 36.5 Å². The fourth-order valence-corrected chi connectivity index (χ4v) is 2.21. The summed E-state index contributed by atoms with van der Waals surface area (Å²) in [5, 5.41) is 13.3. The van der Waals surface area contributed by atoms with Crippen molar-refractivity contribution in [2.75, 3.05) is 13.7 Å². The first-order valence-electron chi connectivity index (χ1n) is 6.82. The molecule has 20 heavy (non-hydrogen) atoms. The van der Waals surface area contributed by atoms with E-state index in [9.17, 15) is 5.11 Å². The van der Waals surface area contributed by atoms with Crippen LogP contribution in [0.15, 0.2) is 42.5 Å². The Balaban J connectivity index is 1.86. The maximum atomic E-state index is 9.98. The highest BCUT2D eigenvalue weighted by Crippen LogP contribution is 2.29. The van der Waals surface area contributed by atoms with Gasteiger partial charge in [0, 0.05) is 12.1 Å². The third kappa shape index (κ3) is 3.52. The van der Waals surface area contributed by atoms with Gasteiger partial charge in [-0.2, -0.15) is 0 Å². The maximum Gasteiger partial charge on any atom is 0.162 e. The third-order valence-electron chi connectivity index (χ3n) is 3.45. The third-order valence-corrected chi connectivity index (χ3v) is 3.45.